The molecule has 0 nitrogen and oxygen atoms in total. The zero-order chi connectivity index (χ0) is 29.6. The van der Waals surface area contributed by atoms with Crippen molar-refractivity contribution in [2.75, 3.05) is 0 Å². The Balaban J connectivity index is 2.36. The van der Waals surface area contributed by atoms with E-state index in [0.717, 1.165) is 0 Å². The Morgan fingerprint density at radius 1 is 0.525 bits per heavy atom. The van der Waals surface area contributed by atoms with Gasteiger partial charge in [0.1, 0.15) is 0 Å². The van der Waals surface area contributed by atoms with Crippen LogP contribution in [-0.4, -0.2) is 34.0 Å². The van der Waals surface area contributed by atoms with Crippen molar-refractivity contribution < 1.29 is 0 Å². The predicted molar refractivity (Wildman–Crippen MR) is 191 cm³/mol. The Morgan fingerprint density at radius 3 is 1.32 bits per heavy atom. The van der Waals surface area contributed by atoms with Gasteiger partial charge >= 0.3 is 253 Å². The van der Waals surface area contributed by atoms with Crippen LogP contribution in [0.4, 0.5) is 0 Å². The average Bonchev–Trinajstić information content (AvgIpc) is 2.87. The van der Waals surface area contributed by atoms with Gasteiger partial charge in [0, 0.05) is 0 Å². The number of allylic oxidation sites excluding steroid dienone is 3. The van der Waals surface area contributed by atoms with Gasteiger partial charge in [-0.1, -0.05) is 0 Å². The van der Waals surface area contributed by atoms with E-state index in [9.17, 15) is 0 Å². The molecule has 3 heteroatoms. The minimum absolute atomic E-state index is 0.712. The Hall–Kier alpha value is -1.49. The SMILES string of the molecule is CC(C)[Si]([C]1=CC=C[C]([Si](C(C)C)(C(C)C)C(C)C)=[Ge]1[c]1c2ccccc2cc2ccccc12)(C(C)C)C(C)C. The molecule has 0 spiro atoms. The molecule has 0 fully saturated rings. The molecule has 4 rings (SSSR count). The van der Waals surface area contributed by atoms with Crippen LogP contribution < -0.4 is 4.40 Å². The summed E-state index contributed by atoms with van der Waals surface area (Å²) in [6.07, 6.45) is 7.92. The molecule has 0 amide bonds. The van der Waals surface area contributed by atoms with Crippen LogP contribution in [0.2, 0.25) is 33.2 Å². The maximum atomic E-state index is 2.70. The molecule has 3 aromatic carbocycles. The Bertz CT molecular complexity index is 1370. The second-order valence-corrected chi connectivity index (χ2v) is 32.9. The van der Waals surface area contributed by atoms with Crippen molar-refractivity contribution >= 4 is 60.0 Å². The molecule has 0 aromatic heterocycles. The fraction of sp³-hybridized carbons (Fsp3) is 0.486. The zero-order valence-electron chi connectivity index (χ0n) is 27.4. The van der Waals surface area contributed by atoms with E-state index >= 15 is 0 Å². The van der Waals surface area contributed by atoms with E-state index in [1.165, 1.54) is 21.5 Å². The standard InChI is InChI=1S/C37H54GeSi2/c1-25(2)39(26(3)4,27(5)6)35-22-17-23-36(40(28(7)8,29(9)10)30(11)12)38(35)37-33-20-15-13-18-31(33)24-32-19-14-16-21-34(32)37/h13-30H,1-12H3. The van der Waals surface area contributed by atoms with Crippen molar-refractivity contribution in [1.82, 2.24) is 0 Å². The first-order valence-electron chi connectivity index (χ1n) is 15.9. The molecule has 0 bridgehead atoms. The predicted octanol–water partition coefficient (Wildman–Crippen LogP) is 10.9. The second-order valence-electron chi connectivity index (χ2n) is 14.2. The van der Waals surface area contributed by atoms with E-state index < -0.39 is 30.1 Å². The summed E-state index contributed by atoms with van der Waals surface area (Å²) in [5, 5.41) is 5.88. The number of rotatable bonds is 9. The molecule has 3 aromatic rings. The molecule has 0 unspecified atom stereocenters. The van der Waals surface area contributed by atoms with E-state index in [0.29, 0.717) is 33.2 Å². The summed E-state index contributed by atoms with van der Waals surface area (Å²) in [6, 6.07) is 21.1. The van der Waals surface area contributed by atoms with Gasteiger partial charge in [0.05, 0.1) is 0 Å². The zero-order valence-corrected chi connectivity index (χ0v) is 31.5. The van der Waals surface area contributed by atoms with Gasteiger partial charge < -0.3 is 0 Å². The summed E-state index contributed by atoms with van der Waals surface area (Å²) in [5.41, 5.74) is 4.27. The normalized spacial score (nSPS) is 15.3. The van der Waals surface area contributed by atoms with Gasteiger partial charge in [-0.15, -0.1) is 0 Å². The molecule has 0 N–H and O–H groups in total. The van der Waals surface area contributed by atoms with E-state index in [-0.39, 0.29) is 0 Å². The fourth-order valence-corrected chi connectivity index (χ4v) is 47.7. The average molecular weight is 628 g/mol. The van der Waals surface area contributed by atoms with Crippen LogP contribution in [0.15, 0.2) is 76.9 Å². The van der Waals surface area contributed by atoms with Crippen LogP contribution >= 0.6 is 0 Å². The number of hydrogen-bond acceptors (Lipinski definition) is 0. The van der Waals surface area contributed by atoms with Crippen molar-refractivity contribution in [2.24, 2.45) is 0 Å². The van der Waals surface area contributed by atoms with Crippen molar-refractivity contribution in [2.45, 2.75) is 116 Å². The molecular formula is C37H54GeSi2. The summed E-state index contributed by atoms with van der Waals surface area (Å²) in [7, 11) is -3.77. The quantitative estimate of drug-likeness (QED) is 0.164. The van der Waals surface area contributed by atoms with Gasteiger partial charge in [-0.3, -0.25) is 0 Å². The van der Waals surface area contributed by atoms with Gasteiger partial charge in [0.15, 0.2) is 0 Å². The van der Waals surface area contributed by atoms with Gasteiger partial charge in [-0.2, -0.15) is 0 Å². The van der Waals surface area contributed by atoms with Gasteiger partial charge in [0.25, 0.3) is 0 Å². The summed E-state index contributed by atoms with van der Waals surface area (Å²) in [4.78, 5) is 0. The molecular weight excluding hydrogens is 573 g/mol. The number of fused-ring (bicyclic) bond motifs is 2. The molecule has 214 valence electrons. The molecule has 0 saturated carbocycles. The van der Waals surface area contributed by atoms with Crippen LogP contribution in [0.25, 0.3) is 21.5 Å². The molecule has 0 saturated heterocycles. The van der Waals surface area contributed by atoms with Crippen LogP contribution in [0.5, 0.6) is 0 Å². The molecule has 40 heavy (non-hydrogen) atoms. The Morgan fingerprint density at radius 2 is 0.925 bits per heavy atom. The van der Waals surface area contributed by atoms with Gasteiger partial charge in [0.2, 0.25) is 0 Å². The molecule has 1 aliphatic rings. The Labute approximate surface area is 252 Å². The Kier molecular flexibility index (Phi) is 9.44. The van der Waals surface area contributed by atoms with Crippen LogP contribution in [0.3, 0.4) is 0 Å². The van der Waals surface area contributed by atoms with E-state index in [4.69, 9.17) is 0 Å². The summed E-state index contributed by atoms with van der Waals surface area (Å²) in [6.45, 7) is 30.8. The fourth-order valence-electron chi connectivity index (χ4n) is 9.69. The van der Waals surface area contributed by atoms with Gasteiger partial charge in [-0.05, 0) is 0 Å². The number of hydrogen-bond donors (Lipinski definition) is 0. The van der Waals surface area contributed by atoms with E-state index in [1.54, 1.807) is 4.40 Å². The third-order valence-electron chi connectivity index (χ3n) is 10.8. The van der Waals surface area contributed by atoms with Crippen LogP contribution in [0.1, 0.15) is 83.1 Å². The van der Waals surface area contributed by atoms with E-state index in [2.05, 4.69) is 156 Å². The third kappa shape index (κ3) is 4.74. The first kappa shape index (κ1) is 31.4. The summed E-state index contributed by atoms with van der Waals surface area (Å²) in [5.74, 6) is 0. The third-order valence-corrected chi connectivity index (χ3v) is 37.6. The first-order valence-corrected chi connectivity index (χ1v) is 23.5. The summed E-state index contributed by atoms with van der Waals surface area (Å²) >= 11 is -2.21. The molecule has 0 aliphatic carbocycles. The first-order chi connectivity index (χ1) is 18.8. The van der Waals surface area contributed by atoms with Crippen LogP contribution in [-0.2, 0) is 0 Å². The van der Waals surface area contributed by atoms with Crippen molar-refractivity contribution in [3.8, 4) is 0 Å². The van der Waals surface area contributed by atoms with Crippen molar-refractivity contribution in [3.63, 3.8) is 0 Å². The topological polar surface area (TPSA) is 0 Å². The monoisotopic (exact) mass is 628 g/mol. The number of benzene rings is 3. The maximum absolute atomic E-state index is 2.70. The molecule has 1 heterocycles. The van der Waals surface area contributed by atoms with Crippen molar-refractivity contribution in [1.29, 1.82) is 0 Å². The van der Waals surface area contributed by atoms with Gasteiger partial charge in [-0.25, -0.2) is 0 Å². The van der Waals surface area contributed by atoms with E-state index in [1.807, 2.05) is 8.00 Å². The van der Waals surface area contributed by atoms with Crippen molar-refractivity contribution in [3.05, 3.63) is 76.9 Å². The summed E-state index contributed by atoms with van der Waals surface area (Å²) < 4.78 is 5.67. The molecule has 0 radical (unpaired) electrons. The van der Waals surface area contributed by atoms with Crippen LogP contribution in [0, 0.1) is 0 Å². The second kappa shape index (κ2) is 12.0. The molecule has 1 aliphatic heterocycles. The molecule has 0 atom stereocenters. The minimum atomic E-state index is -2.21.